The number of unbranched alkanes of at least 4 members (excludes halogenated alkanes) is 1. The van der Waals surface area contributed by atoms with Gasteiger partial charge in [-0.15, -0.1) is 11.3 Å². The molecule has 0 atom stereocenters. The first-order valence-electron chi connectivity index (χ1n) is 7.80. The first kappa shape index (κ1) is 18.3. The second-order valence-electron chi connectivity index (χ2n) is 6.13. The second kappa shape index (κ2) is 9.34. The van der Waals surface area contributed by atoms with Gasteiger partial charge in [0.1, 0.15) is 6.29 Å². The van der Waals surface area contributed by atoms with Crippen LogP contribution < -0.4 is 0 Å². The average Bonchev–Trinajstić information content (AvgIpc) is 2.86. The number of morpholine rings is 1. The van der Waals surface area contributed by atoms with E-state index in [9.17, 15) is 4.79 Å². The predicted molar refractivity (Wildman–Crippen MR) is 90.2 cm³/mol. The van der Waals surface area contributed by atoms with Crippen molar-refractivity contribution in [2.75, 3.05) is 26.3 Å². The van der Waals surface area contributed by atoms with Crippen molar-refractivity contribution in [3.8, 4) is 0 Å². The Bertz CT molecular complexity index is 409. The fraction of sp³-hybridized carbons (Fsp3) is 0.706. The molecule has 120 valence electrons. The van der Waals surface area contributed by atoms with Gasteiger partial charge in [0, 0.05) is 29.9 Å². The van der Waals surface area contributed by atoms with E-state index in [2.05, 4.69) is 37.1 Å². The van der Waals surface area contributed by atoms with Crippen LogP contribution in [0.4, 0.5) is 0 Å². The largest absolute Gasteiger partial charge is 0.379 e. The van der Waals surface area contributed by atoms with Gasteiger partial charge >= 0.3 is 0 Å². The Kier molecular flexibility index (Phi) is 8.15. The topological polar surface area (TPSA) is 29.5 Å². The van der Waals surface area contributed by atoms with Crippen LogP contribution in [0.25, 0.3) is 0 Å². The number of carbonyl (C=O) groups is 1. The van der Waals surface area contributed by atoms with Crippen molar-refractivity contribution in [2.45, 2.75) is 52.5 Å². The third-order valence-electron chi connectivity index (χ3n) is 3.67. The van der Waals surface area contributed by atoms with Crippen molar-refractivity contribution >= 4 is 17.6 Å². The quantitative estimate of drug-likeness (QED) is 0.777. The lowest BCUT2D eigenvalue weighted by atomic mass is 9.96. The van der Waals surface area contributed by atoms with Crippen LogP contribution in [0.5, 0.6) is 0 Å². The molecule has 0 saturated carbocycles. The van der Waals surface area contributed by atoms with E-state index < -0.39 is 0 Å². The summed E-state index contributed by atoms with van der Waals surface area (Å²) in [5, 5.41) is 2.24. The van der Waals surface area contributed by atoms with E-state index in [-0.39, 0.29) is 5.54 Å². The first-order chi connectivity index (χ1) is 9.99. The Hall–Kier alpha value is -0.710. The summed E-state index contributed by atoms with van der Waals surface area (Å²) in [7, 11) is 0. The Morgan fingerprint density at radius 1 is 1.38 bits per heavy atom. The molecule has 2 rings (SSSR count). The summed E-state index contributed by atoms with van der Waals surface area (Å²) in [5.41, 5.74) is 1.64. The van der Waals surface area contributed by atoms with Crippen molar-refractivity contribution in [2.24, 2.45) is 0 Å². The van der Waals surface area contributed by atoms with Gasteiger partial charge < -0.3 is 9.53 Å². The summed E-state index contributed by atoms with van der Waals surface area (Å²) < 4.78 is 5.41. The first-order valence-corrected chi connectivity index (χ1v) is 8.68. The number of rotatable bonds is 5. The van der Waals surface area contributed by atoms with Crippen LogP contribution in [-0.2, 0) is 16.0 Å². The molecular weight excluding hydrogens is 282 g/mol. The fourth-order valence-electron chi connectivity index (χ4n) is 2.41. The maximum absolute atomic E-state index is 9.40. The van der Waals surface area contributed by atoms with Crippen molar-refractivity contribution in [3.05, 3.63) is 21.9 Å². The van der Waals surface area contributed by atoms with Gasteiger partial charge in [0.2, 0.25) is 0 Å². The second-order valence-corrected chi connectivity index (χ2v) is 7.13. The van der Waals surface area contributed by atoms with E-state index in [0.717, 1.165) is 45.4 Å². The summed E-state index contributed by atoms with van der Waals surface area (Å²) in [6.07, 6.45) is 3.76. The molecule has 1 saturated heterocycles. The SMILES string of the molecule is CCCC=O.Cc1csc(CC(C)(C)N2CCOCC2)c1. The van der Waals surface area contributed by atoms with Gasteiger partial charge in [-0.25, -0.2) is 0 Å². The molecule has 0 aliphatic carbocycles. The molecule has 1 aromatic heterocycles. The zero-order chi connectivity index (χ0) is 15.7. The van der Waals surface area contributed by atoms with Crippen LogP contribution in [0.3, 0.4) is 0 Å². The van der Waals surface area contributed by atoms with E-state index in [0.29, 0.717) is 6.42 Å². The molecule has 1 aliphatic heterocycles. The van der Waals surface area contributed by atoms with Crippen LogP contribution >= 0.6 is 11.3 Å². The van der Waals surface area contributed by atoms with Crippen molar-refractivity contribution in [1.29, 1.82) is 0 Å². The highest BCUT2D eigenvalue weighted by atomic mass is 32.1. The molecule has 0 amide bonds. The smallest absolute Gasteiger partial charge is 0.119 e. The van der Waals surface area contributed by atoms with Gasteiger partial charge in [0.05, 0.1) is 13.2 Å². The molecule has 0 N–H and O–H groups in total. The highest BCUT2D eigenvalue weighted by Gasteiger charge is 2.28. The summed E-state index contributed by atoms with van der Waals surface area (Å²) in [4.78, 5) is 13.4. The van der Waals surface area contributed by atoms with Gasteiger partial charge in [0.25, 0.3) is 0 Å². The molecule has 1 fully saturated rings. The van der Waals surface area contributed by atoms with Crippen LogP contribution in [0.15, 0.2) is 11.4 Å². The molecule has 0 bridgehead atoms. The third kappa shape index (κ3) is 6.72. The van der Waals surface area contributed by atoms with Gasteiger partial charge in [-0.05, 0) is 50.6 Å². The van der Waals surface area contributed by atoms with Crippen molar-refractivity contribution in [1.82, 2.24) is 4.90 Å². The van der Waals surface area contributed by atoms with Gasteiger partial charge in [-0.2, -0.15) is 0 Å². The Balaban J connectivity index is 0.000000383. The molecule has 3 nitrogen and oxygen atoms in total. The van der Waals surface area contributed by atoms with Gasteiger partial charge in [0.15, 0.2) is 0 Å². The minimum atomic E-state index is 0.251. The maximum atomic E-state index is 9.40. The molecule has 4 heteroatoms. The zero-order valence-electron chi connectivity index (χ0n) is 13.9. The molecule has 0 aromatic carbocycles. The Morgan fingerprint density at radius 3 is 2.48 bits per heavy atom. The van der Waals surface area contributed by atoms with Crippen LogP contribution in [-0.4, -0.2) is 43.0 Å². The summed E-state index contributed by atoms with van der Waals surface area (Å²) in [6.45, 7) is 12.7. The van der Waals surface area contributed by atoms with Crippen molar-refractivity contribution < 1.29 is 9.53 Å². The minimum absolute atomic E-state index is 0.251. The molecule has 2 heterocycles. The van der Waals surface area contributed by atoms with Crippen LogP contribution in [0, 0.1) is 6.92 Å². The monoisotopic (exact) mass is 311 g/mol. The van der Waals surface area contributed by atoms with E-state index in [1.54, 1.807) is 0 Å². The molecule has 21 heavy (non-hydrogen) atoms. The highest BCUT2D eigenvalue weighted by molar-refractivity contribution is 7.10. The molecular formula is C17H29NO2S. The molecule has 0 radical (unpaired) electrons. The minimum Gasteiger partial charge on any atom is -0.379 e. The lowest BCUT2D eigenvalue weighted by Gasteiger charge is -2.40. The van der Waals surface area contributed by atoms with Crippen LogP contribution in [0.1, 0.15) is 44.1 Å². The Morgan fingerprint density at radius 2 is 2.05 bits per heavy atom. The number of hydrogen-bond acceptors (Lipinski definition) is 4. The molecule has 1 aromatic rings. The van der Waals surface area contributed by atoms with Gasteiger partial charge in [-0.3, -0.25) is 4.90 Å². The van der Waals surface area contributed by atoms with Crippen LogP contribution in [0.2, 0.25) is 0 Å². The van der Waals surface area contributed by atoms with E-state index in [1.165, 1.54) is 10.4 Å². The van der Waals surface area contributed by atoms with Gasteiger partial charge in [-0.1, -0.05) is 6.92 Å². The lowest BCUT2D eigenvalue weighted by Crippen LogP contribution is -2.50. The van der Waals surface area contributed by atoms with Crippen molar-refractivity contribution in [3.63, 3.8) is 0 Å². The summed E-state index contributed by atoms with van der Waals surface area (Å²) >= 11 is 1.88. The van der Waals surface area contributed by atoms with E-state index in [4.69, 9.17) is 4.74 Å². The molecule has 1 aliphatic rings. The number of aryl methyl sites for hydroxylation is 1. The lowest BCUT2D eigenvalue weighted by molar-refractivity contribution is -0.107. The summed E-state index contributed by atoms with van der Waals surface area (Å²) in [6, 6.07) is 2.31. The number of carbonyl (C=O) groups excluding carboxylic acids is 1. The number of thiophene rings is 1. The number of nitrogens with zero attached hydrogens (tertiary/aromatic N) is 1. The molecule has 0 unspecified atom stereocenters. The fourth-order valence-corrected chi connectivity index (χ4v) is 3.50. The maximum Gasteiger partial charge on any atom is 0.119 e. The normalized spacial score (nSPS) is 16.2. The highest BCUT2D eigenvalue weighted by Crippen LogP contribution is 2.25. The Labute approximate surface area is 133 Å². The zero-order valence-corrected chi connectivity index (χ0v) is 14.7. The molecule has 0 spiro atoms. The number of hydrogen-bond donors (Lipinski definition) is 0. The number of aldehydes is 1. The summed E-state index contributed by atoms with van der Waals surface area (Å²) in [5.74, 6) is 0. The number of ether oxygens (including phenoxy) is 1. The predicted octanol–water partition coefficient (Wildman–Crippen LogP) is 3.70. The average molecular weight is 311 g/mol. The third-order valence-corrected chi connectivity index (χ3v) is 4.72. The van der Waals surface area contributed by atoms with E-state index >= 15 is 0 Å². The van der Waals surface area contributed by atoms with E-state index in [1.807, 2.05) is 18.3 Å². The standard InChI is InChI=1S/C13H21NOS.C4H8O/c1-11-8-12(16-10-11)9-13(2,3)14-4-6-15-7-5-14;1-2-3-4-5/h8,10H,4-7,9H2,1-3H3;4H,2-3H2,1H3.